The minimum Gasteiger partial charge on any atom is -0.478 e. The summed E-state index contributed by atoms with van der Waals surface area (Å²) in [6.45, 7) is 0. The van der Waals surface area contributed by atoms with Crippen LogP contribution in [-0.2, 0) is 4.79 Å². The van der Waals surface area contributed by atoms with E-state index < -0.39 is 11.8 Å². The fraction of sp³-hybridized carbons (Fsp3) is 0. The highest BCUT2D eigenvalue weighted by Crippen LogP contribution is 2.14. The van der Waals surface area contributed by atoms with Gasteiger partial charge in [-0.2, -0.15) is 0 Å². The molecule has 4 heteroatoms. The molecule has 0 fully saturated rings. The number of hydrogen-bond acceptors (Lipinski definition) is 1. The molecule has 0 aromatic heterocycles. The lowest BCUT2D eigenvalue weighted by Crippen LogP contribution is -1.86. The first-order chi connectivity index (χ1) is 6.08. The van der Waals surface area contributed by atoms with Gasteiger partial charge in [-0.3, -0.25) is 0 Å². The van der Waals surface area contributed by atoms with Gasteiger partial charge in [0.1, 0.15) is 5.82 Å². The monoisotopic (exact) mass is 200 g/mol. The van der Waals surface area contributed by atoms with Gasteiger partial charge in [0.2, 0.25) is 0 Å². The number of halogens is 2. The van der Waals surface area contributed by atoms with E-state index in [0.717, 1.165) is 12.1 Å². The van der Waals surface area contributed by atoms with Crippen molar-refractivity contribution < 1.29 is 14.3 Å². The second kappa shape index (κ2) is 4.05. The molecule has 0 aliphatic rings. The fourth-order valence-electron chi connectivity index (χ4n) is 0.839. The van der Waals surface area contributed by atoms with Crippen molar-refractivity contribution in [2.45, 2.75) is 0 Å². The summed E-state index contributed by atoms with van der Waals surface area (Å²) < 4.78 is 12.7. The maximum Gasteiger partial charge on any atom is 0.328 e. The predicted molar refractivity (Wildman–Crippen MR) is 48.1 cm³/mol. The minimum atomic E-state index is -1.08. The van der Waals surface area contributed by atoms with Crippen molar-refractivity contribution in [2.24, 2.45) is 0 Å². The maximum atomic E-state index is 12.7. The van der Waals surface area contributed by atoms with Crippen LogP contribution in [0.15, 0.2) is 24.3 Å². The number of carboxylic acid groups (broad SMARTS) is 1. The molecule has 0 heterocycles. The van der Waals surface area contributed by atoms with Crippen LogP contribution < -0.4 is 0 Å². The topological polar surface area (TPSA) is 37.3 Å². The molecule has 1 aromatic carbocycles. The average molecular weight is 201 g/mol. The summed E-state index contributed by atoms with van der Waals surface area (Å²) in [7, 11) is 0. The first-order valence-electron chi connectivity index (χ1n) is 3.45. The number of aliphatic carboxylic acids is 1. The molecule has 0 aliphatic heterocycles. The van der Waals surface area contributed by atoms with Gasteiger partial charge in [-0.05, 0) is 29.8 Å². The molecule has 0 amide bonds. The number of benzene rings is 1. The van der Waals surface area contributed by atoms with Crippen LogP contribution in [0.1, 0.15) is 5.56 Å². The van der Waals surface area contributed by atoms with E-state index in [-0.39, 0.29) is 5.02 Å². The van der Waals surface area contributed by atoms with Crippen LogP contribution in [0, 0.1) is 5.82 Å². The Morgan fingerprint density at radius 2 is 2.15 bits per heavy atom. The van der Waals surface area contributed by atoms with E-state index in [9.17, 15) is 9.18 Å². The Labute approximate surface area is 79.3 Å². The zero-order valence-corrected chi connectivity index (χ0v) is 7.25. The van der Waals surface area contributed by atoms with Gasteiger partial charge < -0.3 is 5.11 Å². The molecular formula is C9H6ClFO2. The Morgan fingerprint density at radius 1 is 1.46 bits per heavy atom. The third kappa shape index (κ3) is 3.25. The minimum absolute atomic E-state index is 0.241. The van der Waals surface area contributed by atoms with Gasteiger partial charge in [-0.1, -0.05) is 11.6 Å². The highest BCUT2D eigenvalue weighted by atomic mass is 35.5. The Hall–Kier alpha value is -1.35. The Bertz CT molecular complexity index is 340. The van der Waals surface area contributed by atoms with Crippen LogP contribution in [0.3, 0.4) is 0 Å². The van der Waals surface area contributed by atoms with Gasteiger partial charge in [-0.15, -0.1) is 0 Å². The molecule has 68 valence electrons. The second-order valence-electron chi connectivity index (χ2n) is 2.37. The molecule has 0 saturated heterocycles. The zero-order valence-electron chi connectivity index (χ0n) is 6.50. The van der Waals surface area contributed by atoms with E-state index in [1.807, 2.05) is 0 Å². The average Bonchev–Trinajstić information content (AvgIpc) is 1.99. The van der Waals surface area contributed by atoms with Crippen LogP contribution in [0.5, 0.6) is 0 Å². The Balaban J connectivity index is 2.95. The van der Waals surface area contributed by atoms with Crippen molar-refractivity contribution in [3.05, 3.63) is 40.7 Å². The first-order valence-corrected chi connectivity index (χ1v) is 3.83. The summed E-state index contributed by atoms with van der Waals surface area (Å²) in [5.41, 5.74) is 0.424. The molecule has 13 heavy (non-hydrogen) atoms. The summed E-state index contributed by atoms with van der Waals surface area (Å²) in [5.74, 6) is -1.57. The molecule has 0 aliphatic carbocycles. The van der Waals surface area contributed by atoms with Crippen LogP contribution in [0.4, 0.5) is 4.39 Å². The van der Waals surface area contributed by atoms with Crippen molar-refractivity contribution in [1.82, 2.24) is 0 Å². The van der Waals surface area contributed by atoms with Gasteiger partial charge in [0, 0.05) is 11.1 Å². The summed E-state index contributed by atoms with van der Waals surface area (Å²) in [5, 5.41) is 8.54. The number of carbonyl (C=O) groups is 1. The first kappa shape index (κ1) is 9.74. The molecule has 2 nitrogen and oxygen atoms in total. The van der Waals surface area contributed by atoms with Crippen LogP contribution in [0.2, 0.25) is 5.02 Å². The quantitative estimate of drug-likeness (QED) is 0.745. The third-order valence-corrected chi connectivity index (χ3v) is 1.52. The van der Waals surface area contributed by atoms with Gasteiger partial charge in [-0.25, -0.2) is 9.18 Å². The lowest BCUT2D eigenvalue weighted by atomic mass is 10.2. The number of carboxylic acids is 1. The summed E-state index contributed by atoms with van der Waals surface area (Å²) in [4.78, 5) is 10.1. The maximum absolute atomic E-state index is 12.7. The van der Waals surface area contributed by atoms with Crippen molar-refractivity contribution in [2.75, 3.05) is 0 Å². The zero-order chi connectivity index (χ0) is 9.84. The van der Waals surface area contributed by atoms with Crippen molar-refractivity contribution in [3.8, 4) is 0 Å². The molecular weight excluding hydrogens is 195 g/mol. The number of hydrogen-bond donors (Lipinski definition) is 1. The van der Waals surface area contributed by atoms with E-state index >= 15 is 0 Å². The molecule has 0 spiro atoms. The molecule has 0 saturated carbocycles. The van der Waals surface area contributed by atoms with E-state index in [0.29, 0.717) is 5.56 Å². The smallest absolute Gasteiger partial charge is 0.328 e. The lowest BCUT2D eigenvalue weighted by Gasteiger charge is -1.94. The van der Waals surface area contributed by atoms with Crippen molar-refractivity contribution >= 4 is 23.6 Å². The molecule has 0 bridgehead atoms. The molecule has 1 N–H and O–H groups in total. The normalized spacial score (nSPS) is 10.6. The predicted octanol–water partition coefficient (Wildman–Crippen LogP) is 2.58. The van der Waals surface area contributed by atoms with Gasteiger partial charge >= 0.3 is 5.97 Å². The van der Waals surface area contributed by atoms with E-state index in [2.05, 4.69) is 0 Å². The Morgan fingerprint density at radius 3 is 2.69 bits per heavy atom. The van der Waals surface area contributed by atoms with Crippen LogP contribution >= 0.6 is 11.6 Å². The fourth-order valence-corrected chi connectivity index (χ4v) is 1.07. The van der Waals surface area contributed by atoms with E-state index in [1.165, 1.54) is 18.2 Å². The standard InChI is InChI=1S/C9H6ClFO2/c10-7-3-6(1-2-9(12)13)4-8(11)5-7/h1-5H,(H,12,13)/b2-1+. The van der Waals surface area contributed by atoms with Crippen LogP contribution in [-0.4, -0.2) is 11.1 Å². The van der Waals surface area contributed by atoms with Crippen LogP contribution in [0.25, 0.3) is 6.08 Å². The van der Waals surface area contributed by atoms with Crippen molar-refractivity contribution in [1.29, 1.82) is 0 Å². The molecule has 1 aromatic rings. The molecule has 1 rings (SSSR count). The number of rotatable bonds is 2. The van der Waals surface area contributed by atoms with E-state index in [1.54, 1.807) is 0 Å². The summed E-state index contributed by atoms with van der Waals surface area (Å²) in [6, 6.07) is 3.83. The SMILES string of the molecule is O=C(O)/C=C/c1cc(F)cc(Cl)c1. The highest BCUT2D eigenvalue weighted by molar-refractivity contribution is 6.30. The van der Waals surface area contributed by atoms with Crippen molar-refractivity contribution in [3.63, 3.8) is 0 Å². The second-order valence-corrected chi connectivity index (χ2v) is 2.81. The largest absolute Gasteiger partial charge is 0.478 e. The molecule has 0 unspecified atom stereocenters. The highest BCUT2D eigenvalue weighted by Gasteiger charge is 1.96. The summed E-state index contributed by atoms with van der Waals surface area (Å²) in [6.07, 6.45) is 2.20. The summed E-state index contributed by atoms with van der Waals surface area (Å²) >= 11 is 5.54. The van der Waals surface area contributed by atoms with Gasteiger partial charge in [0.05, 0.1) is 0 Å². The van der Waals surface area contributed by atoms with Gasteiger partial charge in [0.15, 0.2) is 0 Å². The molecule has 0 radical (unpaired) electrons. The van der Waals surface area contributed by atoms with Gasteiger partial charge in [0.25, 0.3) is 0 Å². The lowest BCUT2D eigenvalue weighted by molar-refractivity contribution is -0.131. The Kier molecular flexibility index (Phi) is 3.03. The molecule has 0 atom stereocenters. The third-order valence-electron chi connectivity index (χ3n) is 1.30. The van der Waals surface area contributed by atoms with E-state index in [4.69, 9.17) is 16.7 Å².